The molecule has 2 aromatic rings. The number of ether oxygens (including phenoxy) is 1. The van der Waals surface area contributed by atoms with Gasteiger partial charge in [0.2, 0.25) is 0 Å². The summed E-state index contributed by atoms with van der Waals surface area (Å²) in [6.07, 6.45) is 1.94. The largest absolute Gasteiger partial charge is 0.494 e. The first kappa shape index (κ1) is 21.8. The van der Waals surface area contributed by atoms with Crippen LogP contribution in [0.5, 0.6) is 5.75 Å². The third-order valence-electron chi connectivity index (χ3n) is 4.26. The van der Waals surface area contributed by atoms with E-state index < -0.39 is 10.0 Å². The average Bonchev–Trinajstić information content (AvgIpc) is 2.69. The molecule has 0 bridgehead atoms. The van der Waals surface area contributed by atoms with E-state index in [1.165, 1.54) is 12.1 Å². The topological polar surface area (TPSA) is 75.7 Å². The van der Waals surface area contributed by atoms with Crippen molar-refractivity contribution in [1.82, 2.24) is 4.90 Å². The number of hydrogen-bond acceptors (Lipinski definition) is 4. The average molecular weight is 405 g/mol. The van der Waals surface area contributed by atoms with Gasteiger partial charge in [-0.05, 0) is 62.7 Å². The highest BCUT2D eigenvalue weighted by atomic mass is 32.2. The van der Waals surface area contributed by atoms with Crippen LogP contribution in [-0.2, 0) is 10.0 Å². The van der Waals surface area contributed by atoms with Crippen LogP contribution in [0.4, 0.5) is 5.69 Å². The van der Waals surface area contributed by atoms with Gasteiger partial charge in [0.05, 0.1) is 11.5 Å². The van der Waals surface area contributed by atoms with Crippen LogP contribution in [-0.4, -0.2) is 38.9 Å². The molecule has 2 rings (SSSR count). The Balaban J connectivity index is 2.17. The molecule has 0 fully saturated rings. The quantitative estimate of drug-likeness (QED) is 0.645. The third-order valence-corrected chi connectivity index (χ3v) is 5.65. The van der Waals surface area contributed by atoms with Gasteiger partial charge in [-0.1, -0.05) is 19.4 Å². The third kappa shape index (κ3) is 5.73. The van der Waals surface area contributed by atoms with E-state index in [1.807, 2.05) is 13.8 Å². The molecule has 0 spiro atoms. The van der Waals surface area contributed by atoms with Gasteiger partial charge in [-0.3, -0.25) is 9.52 Å². The molecule has 0 aromatic heterocycles. The molecule has 0 aliphatic carbocycles. The Labute approximate surface area is 167 Å². The lowest BCUT2D eigenvalue weighted by atomic mass is 10.1. The second kappa shape index (κ2) is 10.1. The lowest BCUT2D eigenvalue weighted by Gasteiger charge is -2.21. The molecular formula is C21H28N2O4S. The molecule has 152 valence electrons. The summed E-state index contributed by atoms with van der Waals surface area (Å²) in [5.74, 6) is 0.513. The Bertz CT molecular complexity index is 880. The summed E-state index contributed by atoms with van der Waals surface area (Å²) in [6.45, 7) is 7.69. The lowest BCUT2D eigenvalue weighted by molar-refractivity contribution is 0.0762. The van der Waals surface area contributed by atoms with Crippen LogP contribution in [0.25, 0.3) is 0 Å². The maximum Gasteiger partial charge on any atom is 0.261 e. The van der Waals surface area contributed by atoms with Crippen LogP contribution in [0, 0.1) is 0 Å². The monoisotopic (exact) mass is 404 g/mol. The standard InChI is InChI=1S/C21H28N2O4S/c1-4-7-15-23(5-2)21(24)17-9-8-10-18(16-17)22-28(25,26)20-13-11-19(12-14-20)27-6-3/h8-14,16,22H,4-7,15H2,1-3H3. The summed E-state index contributed by atoms with van der Waals surface area (Å²) in [5.41, 5.74) is 0.816. The van der Waals surface area contributed by atoms with Gasteiger partial charge < -0.3 is 9.64 Å². The Morgan fingerprint density at radius 2 is 1.79 bits per heavy atom. The van der Waals surface area contributed by atoms with E-state index in [2.05, 4.69) is 11.6 Å². The first-order valence-electron chi connectivity index (χ1n) is 9.56. The predicted molar refractivity (Wildman–Crippen MR) is 111 cm³/mol. The van der Waals surface area contributed by atoms with Crippen LogP contribution in [0.2, 0.25) is 0 Å². The summed E-state index contributed by atoms with van der Waals surface area (Å²) >= 11 is 0. The fourth-order valence-electron chi connectivity index (χ4n) is 2.75. The predicted octanol–water partition coefficient (Wildman–Crippen LogP) is 4.15. The summed E-state index contributed by atoms with van der Waals surface area (Å²) in [7, 11) is -3.76. The summed E-state index contributed by atoms with van der Waals surface area (Å²) in [4.78, 5) is 14.6. The van der Waals surface area contributed by atoms with E-state index in [1.54, 1.807) is 41.3 Å². The zero-order valence-electron chi connectivity index (χ0n) is 16.6. The number of unbranched alkanes of at least 4 members (excludes halogenated alkanes) is 1. The molecule has 6 nitrogen and oxygen atoms in total. The van der Waals surface area contributed by atoms with Crippen LogP contribution < -0.4 is 9.46 Å². The molecule has 0 radical (unpaired) electrons. The highest BCUT2D eigenvalue weighted by Crippen LogP contribution is 2.20. The molecule has 0 heterocycles. The van der Waals surface area contributed by atoms with Crippen molar-refractivity contribution in [2.75, 3.05) is 24.4 Å². The molecule has 28 heavy (non-hydrogen) atoms. The van der Waals surface area contributed by atoms with Crippen molar-refractivity contribution in [1.29, 1.82) is 0 Å². The summed E-state index contributed by atoms with van der Waals surface area (Å²) in [5, 5.41) is 0. The van der Waals surface area contributed by atoms with Gasteiger partial charge in [-0.15, -0.1) is 0 Å². The highest BCUT2D eigenvalue weighted by Gasteiger charge is 2.17. The van der Waals surface area contributed by atoms with E-state index in [-0.39, 0.29) is 10.8 Å². The molecule has 7 heteroatoms. The number of nitrogens with zero attached hydrogens (tertiary/aromatic N) is 1. The molecule has 0 unspecified atom stereocenters. The van der Waals surface area contributed by atoms with Gasteiger partial charge in [0.15, 0.2) is 0 Å². The van der Waals surface area contributed by atoms with Gasteiger partial charge >= 0.3 is 0 Å². The number of benzene rings is 2. The fourth-order valence-corrected chi connectivity index (χ4v) is 3.80. The minimum absolute atomic E-state index is 0.0990. The second-order valence-electron chi connectivity index (χ2n) is 6.33. The Kier molecular flexibility index (Phi) is 7.87. The maximum absolute atomic E-state index is 12.7. The van der Waals surface area contributed by atoms with Gasteiger partial charge in [0.25, 0.3) is 15.9 Å². The van der Waals surface area contributed by atoms with Crippen molar-refractivity contribution in [3.05, 3.63) is 54.1 Å². The van der Waals surface area contributed by atoms with Crippen molar-refractivity contribution in [2.24, 2.45) is 0 Å². The number of amides is 1. The number of carbonyl (C=O) groups is 1. The fraction of sp³-hybridized carbons (Fsp3) is 0.381. The Morgan fingerprint density at radius 1 is 1.07 bits per heavy atom. The van der Waals surface area contributed by atoms with Crippen molar-refractivity contribution in [3.8, 4) is 5.75 Å². The van der Waals surface area contributed by atoms with E-state index in [0.717, 1.165) is 12.8 Å². The van der Waals surface area contributed by atoms with Crippen LogP contribution in [0.15, 0.2) is 53.4 Å². The van der Waals surface area contributed by atoms with Crippen molar-refractivity contribution in [3.63, 3.8) is 0 Å². The Hall–Kier alpha value is -2.54. The zero-order chi connectivity index (χ0) is 20.6. The highest BCUT2D eigenvalue weighted by molar-refractivity contribution is 7.92. The number of hydrogen-bond donors (Lipinski definition) is 1. The number of nitrogens with one attached hydrogen (secondary N) is 1. The minimum Gasteiger partial charge on any atom is -0.494 e. The van der Waals surface area contributed by atoms with E-state index in [9.17, 15) is 13.2 Å². The first-order valence-corrected chi connectivity index (χ1v) is 11.0. The van der Waals surface area contributed by atoms with Crippen LogP contribution in [0.1, 0.15) is 44.0 Å². The van der Waals surface area contributed by atoms with Gasteiger partial charge in [-0.25, -0.2) is 8.42 Å². The molecule has 2 aromatic carbocycles. The molecule has 0 aliphatic heterocycles. The molecular weight excluding hydrogens is 376 g/mol. The van der Waals surface area contributed by atoms with Crippen molar-refractivity contribution >= 4 is 21.6 Å². The normalized spacial score (nSPS) is 11.1. The number of carbonyl (C=O) groups excluding carboxylic acids is 1. The summed E-state index contributed by atoms with van der Waals surface area (Å²) < 4.78 is 33.2. The van der Waals surface area contributed by atoms with Gasteiger partial charge in [0.1, 0.15) is 5.75 Å². The molecule has 1 N–H and O–H groups in total. The maximum atomic E-state index is 12.7. The second-order valence-corrected chi connectivity index (χ2v) is 8.01. The zero-order valence-corrected chi connectivity index (χ0v) is 17.5. The van der Waals surface area contributed by atoms with E-state index in [4.69, 9.17) is 4.74 Å². The van der Waals surface area contributed by atoms with Gasteiger partial charge in [-0.2, -0.15) is 0 Å². The van der Waals surface area contributed by atoms with Crippen molar-refractivity contribution < 1.29 is 17.9 Å². The van der Waals surface area contributed by atoms with Crippen LogP contribution >= 0.6 is 0 Å². The molecule has 0 aliphatic rings. The summed E-state index contributed by atoms with van der Waals surface area (Å²) in [6, 6.07) is 12.8. The van der Waals surface area contributed by atoms with Gasteiger partial charge in [0, 0.05) is 24.3 Å². The molecule has 0 atom stereocenters. The number of rotatable bonds is 10. The van der Waals surface area contributed by atoms with E-state index in [0.29, 0.717) is 36.7 Å². The molecule has 0 saturated heterocycles. The first-order chi connectivity index (χ1) is 13.4. The lowest BCUT2D eigenvalue weighted by Crippen LogP contribution is -2.31. The number of anilines is 1. The van der Waals surface area contributed by atoms with Crippen molar-refractivity contribution in [2.45, 2.75) is 38.5 Å². The Morgan fingerprint density at radius 3 is 2.39 bits per heavy atom. The molecule has 1 amide bonds. The SMILES string of the molecule is CCCCN(CC)C(=O)c1cccc(NS(=O)(=O)c2ccc(OCC)cc2)c1. The number of sulfonamides is 1. The van der Waals surface area contributed by atoms with E-state index >= 15 is 0 Å². The molecule has 0 saturated carbocycles. The van der Waals surface area contributed by atoms with Crippen LogP contribution in [0.3, 0.4) is 0 Å². The minimum atomic E-state index is -3.76. The smallest absolute Gasteiger partial charge is 0.261 e.